The summed E-state index contributed by atoms with van der Waals surface area (Å²) in [6, 6.07) is 10.8. The number of halogens is 5. The van der Waals surface area contributed by atoms with E-state index < -0.39 is 33.5 Å². The highest BCUT2D eigenvalue weighted by Crippen LogP contribution is 2.31. The summed E-state index contributed by atoms with van der Waals surface area (Å²) in [5.41, 5.74) is -5.37. The Morgan fingerprint density at radius 2 is 1.43 bits per heavy atom. The third-order valence-corrected chi connectivity index (χ3v) is 6.22. The first-order valence-electron chi connectivity index (χ1n) is 11.2. The summed E-state index contributed by atoms with van der Waals surface area (Å²) in [6.07, 6.45) is -1.78. The van der Waals surface area contributed by atoms with Crippen molar-refractivity contribution in [1.29, 1.82) is 0 Å². The van der Waals surface area contributed by atoms with Gasteiger partial charge in [-0.2, -0.15) is 21.6 Å². The Hall–Kier alpha value is -3.19. The number of alkyl halides is 5. The van der Waals surface area contributed by atoms with Gasteiger partial charge in [-0.3, -0.25) is 4.57 Å². The van der Waals surface area contributed by atoms with Crippen molar-refractivity contribution in [3.63, 3.8) is 0 Å². The minimum absolute atomic E-state index is 0.143. The lowest BCUT2D eigenvalue weighted by atomic mass is 10.2. The summed E-state index contributed by atoms with van der Waals surface area (Å²) in [4.78, 5) is 6.30. The van der Waals surface area contributed by atoms with Gasteiger partial charge in [0.05, 0.1) is 7.11 Å². The average molecular weight is 550 g/mol. The van der Waals surface area contributed by atoms with Crippen LogP contribution in [0.2, 0.25) is 0 Å². The first-order valence-corrected chi connectivity index (χ1v) is 12.6. The molecular weight excluding hydrogens is 521 g/mol. The van der Waals surface area contributed by atoms with Crippen LogP contribution >= 0.6 is 0 Å². The Labute approximate surface area is 212 Å². The van der Waals surface area contributed by atoms with Crippen molar-refractivity contribution in [2.24, 2.45) is 0 Å². The molecular formula is C24H28F5N3O4S. The van der Waals surface area contributed by atoms with Crippen LogP contribution in [0.3, 0.4) is 0 Å². The van der Waals surface area contributed by atoms with Crippen LogP contribution in [0, 0.1) is 0 Å². The number of benzene rings is 2. The van der Waals surface area contributed by atoms with Crippen LogP contribution in [0.4, 0.5) is 22.0 Å². The van der Waals surface area contributed by atoms with E-state index in [0.717, 1.165) is 18.3 Å². The molecule has 0 fully saturated rings. The Kier molecular flexibility index (Phi) is 10.4. The number of ether oxygens (including phenoxy) is 1. The molecule has 0 saturated heterocycles. The monoisotopic (exact) mass is 549 g/mol. The third kappa shape index (κ3) is 7.89. The Morgan fingerprint density at radius 3 is 1.84 bits per heavy atom. The summed E-state index contributed by atoms with van der Waals surface area (Å²) in [6.45, 7) is 10.1. The molecule has 2 aromatic carbocycles. The SMILES string of the molecule is CCN(CC)CC.COc1ccc(-c2nc(C(F)F)cn2-c2ccc(OS(=O)(=O)C(F)(F)F)cc2)cc1. The van der Waals surface area contributed by atoms with Crippen molar-refractivity contribution < 1.29 is 39.3 Å². The minimum Gasteiger partial charge on any atom is -0.497 e. The van der Waals surface area contributed by atoms with Crippen LogP contribution in [0.25, 0.3) is 17.1 Å². The van der Waals surface area contributed by atoms with E-state index in [0.29, 0.717) is 11.3 Å². The second kappa shape index (κ2) is 12.9. The van der Waals surface area contributed by atoms with Gasteiger partial charge >= 0.3 is 15.6 Å². The zero-order chi connectivity index (χ0) is 27.8. The molecule has 0 amide bonds. The fourth-order valence-electron chi connectivity index (χ4n) is 3.15. The maximum atomic E-state index is 13.2. The molecule has 0 bridgehead atoms. The van der Waals surface area contributed by atoms with Crippen LogP contribution in [0.1, 0.15) is 32.9 Å². The third-order valence-electron chi connectivity index (χ3n) is 5.24. The highest BCUT2D eigenvalue weighted by atomic mass is 32.2. The predicted octanol–water partition coefficient (Wildman–Crippen LogP) is 6.06. The van der Waals surface area contributed by atoms with Crippen molar-refractivity contribution in [1.82, 2.24) is 14.5 Å². The Morgan fingerprint density at radius 1 is 0.919 bits per heavy atom. The van der Waals surface area contributed by atoms with E-state index in [1.807, 2.05) is 0 Å². The highest BCUT2D eigenvalue weighted by molar-refractivity contribution is 7.88. The molecule has 204 valence electrons. The van der Waals surface area contributed by atoms with Gasteiger partial charge in [-0.25, -0.2) is 13.8 Å². The topological polar surface area (TPSA) is 73.7 Å². The van der Waals surface area contributed by atoms with Crippen molar-refractivity contribution in [3.05, 3.63) is 60.4 Å². The van der Waals surface area contributed by atoms with Crippen molar-refractivity contribution in [2.45, 2.75) is 32.7 Å². The lowest BCUT2D eigenvalue weighted by Crippen LogP contribution is -2.28. The normalized spacial score (nSPS) is 11.9. The van der Waals surface area contributed by atoms with Crippen LogP contribution in [0.15, 0.2) is 54.7 Å². The van der Waals surface area contributed by atoms with Gasteiger partial charge in [0.15, 0.2) is 0 Å². The summed E-state index contributed by atoms with van der Waals surface area (Å²) < 4.78 is 96.2. The van der Waals surface area contributed by atoms with E-state index in [1.54, 1.807) is 24.3 Å². The van der Waals surface area contributed by atoms with Gasteiger partial charge < -0.3 is 13.8 Å². The highest BCUT2D eigenvalue weighted by Gasteiger charge is 2.48. The maximum absolute atomic E-state index is 13.2. The molecule has 37 heavy (non-hydrogen) atoms. The van der Waals surface area contributed by atoms with E-state index in [9.17, 15) is 30.4 Å². The molecule has 0 radical (unpaired) electrons. The molecule has 7 nitrogen and oxygen atoms in total. The van der Waals surface area contributed by atoms with E-state index in [2.05, 4.69) is 34.8 Å². The lowest BCUT2D eigenvalue weighted by molar-refractivity contribution is -0.0500. The Balaban J connectivity index is 0.000000604. The van der Waals surface area contributed by atoms with Crippen LogP contribution in [-0.4, -0.2) is 55.1 Å². The van der Waals surface area contributed by atoms with Crippen LogP contribution in [-0.2, 0) is 10.1 Å². The molecule has 0 atom stereocenters. The number of aromatic nitrogens is 2. The number of nitrogens with zero attached hydrogens (tertiary/aromatic N) is 3. The summed E-state index contributed by atoms with van der Waals surface area (Å²) in [5, 5.41) is 0. The van der Waals surface area contributed by atoms with Gasteiger partial charge in [0.1, 0.15) is 23.0 Å². The van der Waals surface area contributed by atoms with Gasteiger partial charge in [-0.05, 0) is 68.2 Å². The quantitative estimate of drug-likeness (QED) is 0.184. The van der Waals surface area contributed by atoms with Crippen LogP contribution < -0.4 is 8.92 Å². The fraction of sp³-hybridized carbons (Fsp3) is 0.375. The van der Waals surface area contributed by atoms with E-state index >= 15 is 0 Å². The van der Waals surface area contributed by atoms with E-state index in [4.69, 9.17) is 4.74 Å². The molecule has 3 aromatic rings. The summed E-state index contributed by atoms with van der Waals surface area (Å²) in [7, 11) is -4.36. The van der Waals surface area contributed by atoms with Crippen molar-refractivity contribution in [3.8, 4) is 28.6 Å². The molecule has 0 aliphatic heterocycles. The fourth-order valence-corrected chi connectivity index (χ4v) is 3.61. The van der Waals surface area contributed by atoms with Gasteiger partial charge in [-0.15, -0.1) is 0 Å². The molecule has 0 N–H and O–H groups in total. The van der Waals surface area contributed by atoms with Gasteiger partial charge in [0.2, 0.25) is 0 Å². The zero-order valence-electron chi connectivity index (χ0n) is 20.7. The molecule has 0 saturated carbocycles. The van der Waals surface area contributed by atoms with E-state index in [1.165, 1.54) is 43.4 Å². The second-order valence-electron chi connectivity index (χ2n) is 7.49. The molecule has 0 unspecified atom stereocenters. The maximum Gasteiger partial charge on any atom is 0.534 e. The molecule has 13 heteroatoms. The first kappa shape index (κ1) is 30.0. The van der Waals surface area contributed by atoms with E-state index in [-0.39, 0.29) is 11.5 Å². The largest absolute Gasteiger partial charge is 0.534 e. The number of rotatable bonds is 9. The molecule has 1 heterocycles. The van der Waals surface area contributed by atoms with Crippen molar-refractivity contribution >= 4 is 10.1 Å². The van der Waals surface area contributed by atoms with Gasteiger partial charge in [-0.1, -0.05) is 20.8 Å². The molecule has 0 aliphatic rings. The molecule has 3 rings (SSSR count). The lowest BCUT2D eigenvalue weighted by Gasteiger charge is -2.13. The zero-order valence-corrected chi connectivity index (χ0v) is 21.5. The summed E-state index contributed by atoms with van der Waals surface area (Å²) in [5.74, 6) is 0.0964. The smallest absolute Gasteiger partial charge is 0.497 e. The molecule has 0 spiro atoms. The second-order valence-corrected chi connectivity index (χ2v) is 9.02. The predicted molar refractivity (Wildman–Crippen MR) is 130 cm³/mol. The Bertz CT molecular complexity index is 1220. The minimum atomic E-state index is -5.82. The van der Waals surface area contributed by atoms with Gasteiger partial charge in [0, 0.05) is 17.4 Å². The first-order chi connectivity index (χ1) is 17.4. The molecule has 1 aromatic heterocycles. The average Bonchev–Trinajstić information content (AvgIpc) is 3.31. The standard InChI is InChI=1S/C18H13F5N2O4S.C6H15N/c1-28-13-6-2-11(3-7-13)17-24-15(16(19)20)10-25(17)12-4-8-14(9-5-12)29-30(26,27)18(21,22)23;1-4-7(5-2)6-3/h2-10,16H,1H3;4-6H2,1-3H3. The summed E-state index contributed by atoms with van der Waals surface area (Å²) >= 11 is 0. The number of hydrogen-bond acceptors (Lipinski definition) is 6. The van der Waals surface area contributed by atoms with Crippen molar-refractivity contribution in [2.75, 3.05) is 26.7 Å². The number of hydrogen-bond donors (Lipinski definition) is 0. The van der Waals surface area contributed by atoms with Crippen LogP contribution in [0.5, 0.6) is 11.5 Å². The van der Waals surface area contributed by atoms with Gasteiger partial charge in [0.25, 0.3) is 6.43 Å². The number of methoxy groups -OCH3 is 1. The number of imidazole rings is 1. The molecule has 0 aliphatic carbocycles.